The van der Waals surface area contributed by atoms with Gasteiger partial charge >= 0.3 is 6.18 Å². The van der Waals surface area contributed by atoms with Crippen molar-refractivity contribution in [2.45, 2.75) is 51.8 Å². The number of aromatic nitrogens is 2. The molecule has 0 spiro atoms. The third-order valence-corrected chi connectivity index (χ3v) is 5.49. The summed E-state index contributed by atoms with van der Waals surface area (Å²) in [6.07, 6.45) is 1.28. The van der Waals surface area contributed by atoms with Crippen LogP contribution in [-0.2, 0) is 17.3 Å². The van der Waals surface area contributed by atoms with Gasteiger partial charge in [0, 0.05) is 30.3 Å². The van der Waals surface area contributed by atoms with Crippen molar-refractivity contribution in [1.29, 1.82) is 0 Å². The summed E-state index contributed by atoms with van der Waals surface area (Å²) in [5.41, 5.74) is 0.372. The Kier molecular flexibility index (Phi) is 8.20. The van der Waals surface area contributed by atoms with E-state index in [4.69, 9.17) is 4.74 Å². The second kappa shape index (κ2) is 10.9. The number of aryl methyl sites for hydroxylation is 1. The highest BCUT2D eigenvalue weighted by molar-refractivity contribution is 7.14. The summed E-state index contributed by atoms with van der Waals surface area (Å²) >= 11 is 0.735. The van der Waals surface area contributed by atoms with Crippen LogP contribution >= 0.6 is 11.3 Å². The summed E-state index contributed by atoms with van der Waals surface area (Å²) in [5.74, 6) is 0. The highest BCUT2D eigenvalue weighted by Gasteiger charge is 2.33. The number of halogens is 4. The summed E-state index contributed by atoms with van der Waals surface area (Å²) in [7, 11) is 0. The molecule has 0 atom stereocenters. The van der Waals surface area contributed by atoms with E-state index in [1.165, 1.54) is 12.3 Å². The Labute approximate surface area is 188 Å². The highest BCUT2D eigenvalue weighted by atomic mass is 32.1. The van der Waals surface area contributed by atoms with Gasteiger partial charge in [0.15, 0.2) is 5.13 Å². The molecule has 0 aliphatic carbocycles. The first kappa shape index (κ1) is 24.1. The molecule has 0 saturated carbocycles. The quantitative estimate of drug-likeness (QED) is 0.252. The number of hydrogen-bond donors (Lipinski definition) is 1. The van der Waals surface area contributed by atoms with Gasteiger partial charge in [0.05, 0.1) is 11.7 Å². The first-order chi connectivity index (χ1) is 15.2. The van der Waals surface area contributed by atoms with Crippen molar-refractivity contribution in [3.8, 4) is 11.3 Å². The number of unbranched alkanes of at least 4 members (excludes halogenated alkanes) is 2. The minimum absolute atomic E-state index is 0.111. The number of nitrogens with one attached hydrogen (secondary N) is 1. The number of alkyl halides is 3. The molecule has 0 unspecified atom stereocenters. The van der Waals surface area contributed by atoms with E-state index >= 15 is 0 Å². The van der Waals surface area contributed by atoms with Crippen LogP contribution < -0.4 is 5.32 Å². The number of ether oxygens (including phenoxy) is 1. The molecule has 1 N–H and O–H groups in total. The standard InChI is InChI=1S/C23H25F4N3OS/c1-15(2)31-12-5-3-4-7-16-9-10-18(13-19(16)23(25,26)27)29-22-30-20(21(24)32-22)17-8-6-11-28-14-17/h6,8-11,13-15H,3-5,7,12H2,1-2H3,(H,29,30). The average Bonchev–Trinajstić information content (AvgIpc) is 3.11. The Morgan fingerprint density at radius 2 is 1.94 bits per heavy atom. The normalized spacial score (nSPS) is 11.8. The molecule has 0 aliphatic heterocycles. The number of thiazole rings is 1. The van der Waals surface area contributed by atoms with Crippen molar-refractivity contribution in [3.63, 3.8) is 0 Å². The molecular weight excluding hydrogens is 442 g/mol. The fourth-order valence-corrected chi connectivity index (χ4v) is 3.94. The summed E-state index contributed by atoms with van der Waals surface area (Å²) in [4.78, 5) is 8.12. The Bertz CT molecular complexity index is 1010. The Morgan fingerprint density at radius 3 is 2.62 bits per heavy atom. The zero-order chi connectivity index (χ0) is 23.1. The smallest absolute Gasteiger partial charge is 0.379 e. The molecule has 172 valence electrons. The second-order valence-corrected chi connectivity index (χ2v) is 8.56. The van der Waals surface area contributed by atoms with Gasteiger partial charge in [0.1, 0.15) is 5.69 Å². The molecule has 0 aliphatic rings. The van der Waals surface area contributed by atoms with Crippen molar-refractivity contribution in [3.05, 3.63) is 59.0 Å². The maximum Gasteiger partial charge on any atom is 0.416 e. The van der Waals surface area contributed by atoms with Crippen LogP contribution in [0.3, 0.4) is 0 Å². The summed E-state index contributed by atoms with van der Waals surface area (Å²) in [6.45, 7) is 4.51. The first-order valence-corrected chi connectivity index (χ1v) is 11.2. The van der Waals surface area contributed by atoms with Gasteiger partial charge in [-0.05, 0) is 62.9 Å². The molecule has 0 saturated heterocycles. The molecule has 2 aromatic heterocycles. The van der Waals surface area contributed by atoms with E-state index in [1.54, 1.807) is 24.4 Å². The van der Waals surface area contributed by atoms with E-state index in [9.17, 15) is 17.6 Å². The van der Waals surface area contributed by atoms with Gasteiger partial charge in [-0.2, -0.15) is 17.6 Å². The van der Waals surface area contributed by atoms with Gasteiger partial charge in [-0.1, -0.05) is 23.8 Å². The van der Waals surface area contributed by atoms with Gasteiger partial charge in [-0.3, -0.25) is 4.98 Å². The van der Waals surface area contributed by atoms with Gasteiger partial charge < -0.3 is 10.1 Å². The molecule has 1 aromatic carbocycles. The molecule has 0 fully saturated rings. The largest absolute Gasteiger partial charge is 0.416 e. The van der Waals surface area contributed by atoms with Gasteiger partial charge in [0.25, 0.3) is 0 Å². The number of rotatable bonds is 10. The molecule has 2 heterocycles. The van der Waals surface area contributed by atoms with E-state index in [0.717, 1.165) is 30.2 Å². The zero-order valence-corrected chi connectivity index (χ0v) is 18.7. The van der Waals surface area contributed by atoms with Crippen LogP contribution in [0.1, 0.15) is 44.2 Å². The lowest BCUT2D eigenvalue weighted by molar-refractivity contribution is -0.138. The minimum atomic E-state index is -4.48. The van der Waals surface area contributed by atoms with Crippen LogP contribution in [0, 0.1) is 5.13 Å². The number of nitrogens with zero attached hydrogens (tertiary/aromatic N) is 2. The highest BCUT2D eigenvalue weighted by Crippen LogP contribution is 2.36. The average molecular weight is 468 g/mol. The fourth-order valence-electron chi connectivity index (χ4n) is 3.21. The van der Waals surface area contributed by atoms with Crippen LogP contribution in [0.15, 0.2) is 42.7 Å². The summed E-state index contributed by atoms with van der Waals surface area (Å²) in [6, 6.07) is 7.42. The van der Waals surface area contributed by atoms with Gasteiger partial charge in [-0.25, -0.2) is 4.98 Å². The van der Waals surface area contributed by atoms with E-state index < -0.39 is 16.9 Å². The zero-order valence-electron chi connectivity index (χ0n) is 17.9. The van der Waals surface area contributed by atoms with Crippen LogP contribution in [0.25, 0.3) is 11.3 Å². The molecule has 32 heavy (non-hydrogen) atoms. The molecule has 3 aromatic rings. The molecular formula is C23H25F4N3OS. The molecule has 9 heteroatoms. The Morgan fingerprint density at radius 1 is 1.12 bits per heavy atom. The van der Waals surface area contributed by atoms with Crippen LogP contribution in [0.4, 0.5) is 28.4 Å². The van der Waals surface area contributed by atoms with Crippen LogP contribution in [0.5, 0.6) is 0 Å². The molecule has 0 bridgehead atoms. The van der Waals surface area contributed by atoms with E-state index in [-0.39, 0.29) is 28.2 Å². The van der Waals surface area contributed by atoms with E-state index in [0.29, 0.717) is 25.0 Å². The predicted molar refractivity (Wildman–Crippen MR) is 119 cm³/mol. The fraction of sp³-hybridized carbons (Fsp3) is 0.391. The van der Waals surface area contributed by atoms with Crippen molar-refractivity contribution in [2.24, 2.45) is 0 Å². The SMILES string of the molecule is CC(C)OCCCCCc1ccc(Nc2nc(-c3cccnc3)c(F)s2)cc1C(F)(F)F. The molecule has 0 radical (unpaired) electrons. The lowest BCUT2D eigenvalue weighted by atomic mass is 10.00. The summed E-state index contributed by atoms with van der Waals surface area (Å²) in [5, 5.41) is 2.44. The van der Waals surface area contributed by atoms with Crippen LogP contribution in [0.2, 0.25) is 0 Å². The van der Waals surface area contributed by atoms with Crippen molar-refractivity contribution in [2.75, 3.05) is 11.9 Å². The van der Waals surface area contributed by atoms with Gasteiger partial charge in [0.2, 0.25) is 5.13 Å². The van der Waals surface area contributed by atoms with Crippen LogP contribution in [-0.4, -0.2) is 22.7 Å². The minimum Gasteiger partial charge on any atom is -0.379 e. The molecule has 0 amide bonds. The molecule has 4 nitrogen and oxygen atoms in total. The number of anilines is 2. The predicted octanol–water partition coefficient (Wildman–Crippen LogP) is 7.24. The van der Waals surface area contributed by atoms with E-state index in [1.807, 2.05) is 13.8 Å². The van der Waals surface area contributed by atoms with Crippen molar-refractivity contribution in [1.82, 2.24) is 9.97 Å². The maximum absolute atomic E-state index is 14.3. The Hall–Kier alpha value is -2.52. The number of benzene rings is 1. The lowest BCUT2D eigenvalue weighted by Crippen LogP contribution is -2.10. The van der Waals surface area contributed by atoms with Crippen molar-refractivity contribution >= 4 is 22.2 Å². The topological polar surface area (TPSA) is 47.0 Å². The number of pyridine rings is 1. The van der Waals surface area contributed by atoms with E-state index in [2.05, 4.69) is 15.3 Å². The summed E-state index contributed by atoms with van der Waals surface area (Å²) < 4.78 is 60.7. The number of hydrogen-bond acceptors (Lipinski definition) is 5. The third kappa shape index (κ3) is 6.74. The third-order valence-electron chi connectivity index (χ3n) is 4.73. The lowest BCUT2D eigenvalue weighted by Gasteiger charge is -2.15. The first-order valence-electron chi connectivity index (χ1n) is 10.4. The second-order valence-electron chi connectivity index (χ2n) is 7.61. The molecule has 3 rings (SSSR count). The van der Waals surface area contributed by atoms with Gasteiger partial charge in [-0.15, -0.1) is 0 Å². The Balaban J connectivity index is 1.69. The van der Waals surface area contributed by atoms with Crippen molar-refractivity contribution < 1.29 is 22.3 Å². The maximum atomic E-state index is 14.3. The monoisotopic (exact) mass is 467 g/mol.